The van der Waals surface area contributed by atoms with Gasteiger partial charge in [0.1, 0.15) is 17.1 Å². The van der Waals surface area contributed by atoms with Crippen LogP contribution in [0.25, 0.3) is 11.2 Å². The minimum absolute atomic E-state index is 0.201. The summed E-state index contributed by atoms with van der Waals surface area (Å²) in [7, 11) is 0. The number of aryl methyl sites for hydroxylation is 4. The fraction of sp³-hybridized carbons (Fsp3) is 0.440. The number of hydrogen-bond donors (Lipinski definition) is 2. The lowest BCUT2D eigenvalue weighted by atomic mass is 10.0. The number of hydrazine groups is 1. The van der Waals surface area contributed by atoms with Gasteiger partial charge in [-0.3, -0.25) is 20.4 Å². The molecule has 0 atom stereocenters. The highest BCUT2D eigenvalue weighted by Crippen LogP contribution is 2.27. The van der Waals surface area contributed by atoms with E-state index in [0.717, 1.165) is 54.1 Å². The number of rotatable bonds is 5. The Morgan fingerprint density at radius 1 is 1.09 bits per heavy atom. The van der Waals surface area contributed by atoms with E-state index in [0.29, 0.717) is 16.8 Å². The summed E-state index contributed by atoms with van der Waals surface area (Å²) in [4.78, 5) is 34.6. The fourth-order valence-electron chi connectivity index (χ4n) is 4.21. The first-order chi connectivity index (χ1) is 15.8. The number of nitrogens with one attached hydrogen (secondary N) is 2. The number of amides is 2. The van der Waals surface area contributed by atoms with Crippen LogP contribution in [0, 0.1) is 13.8 Å². The minimum Gasteiger partial charge on any atom is -0.483 e. The van der Waals surface area contributed by atoms with Crippen LogP contribution in [0.1, 0.15) is 72.0 Å². The summed E-state index contributed by atoms with van der Waals surface area (Å²) in [5, 5.41) is 0. The number of pyridine rings is 1. The van der Waals surface area contributed by atoms with Crippen molar-refractivity contribution in [1.82, 2.24) is 25.4 Å². The largest absolute Gasteiger partial charge is 0.483 e. The quantitative estimate of drug-likeness (QED) is 0.578. The van der Waals surface area contributed by atoms with Gasteiger partial charge in [0.15, 0.2) is 12.3 Å². The monoisotopic (exact) mass is 449 g/mol. The van der Waals surface area contributed by atoms with Crippen LogP contribution in [-0.2, 0) is 17.8 Å². The van der Waals surface area contributed by atoms with Crippen molar-refractivity contribution in [3.8, 4) is 5.75 Å². The molecule has 0 fully saturated rings. The average molecular weight is 450 g/mol. The molecule has 1 aliphatic heterocycles. The normalized spacial score (nSPS) is 13.5. The minimum atomic E-state index is -0.442. The van der Waals surface area contributed by atoms with E-state index in [1.165, 1.54) is 6.42 Å². The van der Waals surface area contributed by atoms with Crippen molar-refractivity contribution in [2.24, 2.45) is 0 Å². The number of nitrogens with zero attached hydrogens (tertiary/aromatic N) is 3. The van der Waals surface area contributed by atoms with Crippen LogP contribution in [0.5, 0.6) is 5.75 Å². The van der Waals surface area contributed by atoms with Crippen molar-refractivity contribution in [2.75, 3.05) is 6.61 Å². The number of carbonyl (C=O) groups excluding carboxylic acids is 2. The second kappa shape index (κ2) is 9.60. The second-order valence-electron chi connectivity index (χ2n) is 8.96. The predicted molar refractivity (Wildman–Crippen MR) is 126 cm³/mol. The molecule has 0 saturated carbocycles. The number of imidazole rings is 1. The maximum Gasteiger partial charge on any atom is 0.276 e. The van der Waals surface area contributed by atoms with E-state index in [2.05, 4.69) is 34.3 Å². The highest BCUT2D eigenvalue weighted by Gasteiger charge is 2.21. The summed E-state index contributed by atoms with van der Waals surface area (Å²) >= 11 is 0. The van der Waals surface area contributed by atoms with Crippen molar-refractivity contribution in [3.05, 3.63) is 52.5 Å². The summed E-state index contributed by atoms with van der Waals surface area (Å²) in [6.07, 6.45) is 4.20. The molecule has 2 aromatic heterocycles. The molecule has 0 aliphatic carbocycles. The van der Waals surface area contributed by atoms with E-state index in [1.54, 1.807) is 6.07 Å². The predicted octanol–water partition coefficient (Wildman–Crippen LogP) is 3.74. The Kier molecular flexibility index (Phi) is 6.62. The molecule has 1 aromatic carbocycles. The van der Waals surface area contributed by atoms with Crippen LogP contribution in [0.2, 0.25) is 0 Å². The van der Waals surface area contributed by atoms with Gasteiger partial charge in [-0.15, -0.1) is 0 Å². The van der Waals surface area contributed by atoms with Crippen LogP contribution >= 0.6 is 0 Å². The Hall–Kier alpha value is -3.42. The van der Waals surface area contributed by atoms with Crippen molar-refractivity contribution in [1.29, 1.82) is 0 Å². The van der Waals surface area contributed by atoms with E-state index in [1.807, 2.05) is 32.0 Å². The molecule has 0 bridgehead atoms. The van der Waals surface area contributed by atoms with Gasteiger partial charge in [0.25, 0.3) is 11.8 Å². The molecular formula is C25H31N5O3. The van der Waals surface area contributed by atoms with Crippen molar-refractivity contribution < 1.29 is 14.3 Å². The molecule has 8 nitrogen and oxygen atoms in total. The van der Waals surface area contributed by atoms with Crippen LogP contribution in [0.4, 0.5) is 0 Å². The van der Waals surface area contributed by atoms with Crippen LogP contribution in [-0.4, -0.2) is 33.0 Å². The Labute approximate surface area is 193 Å². The summed E-state index contributed by atoms with van der Waals surface area (Å²) in [5.74, 6) is 1.04. The maximum absolute atomic E-state index is 12.9. The topological polar surface area (TPSA) is 98.1 Å². The zero-order valence-corrected chi connectivity index (χ0v) is 19.7. The molecule has 3 heterocycles. The number of benzene rings is 1. The van der Waals surface area contributed by atoms with Crippen molar-refractivity contribution in [2.45, 2.75) is 65.8 Å². The number of fused-ring (bicyclic) bond motifs is 3. The zero-order valence-electron chi connectivity index (χ0n) is 19.7. The third-order valence-electron chi connectivity index (χ3n) is 5.90. The first kappa shape index (κ1) is 22.8. The van der Waals surface area contributed by atoms with Gasteiger partial charge in [0, 0.05) is 18.7 Å². The van der Waals surface area contributed by atoms with E-state index < -0.39 is 11.8 Å². The molecule has 1 aliphatic rings. The van der Waals surface area contributed by atoms with E-state index >= 15 is 0 Å². The van der Waals surface area contributed by atoms with Crippen LogP contribution < -0.4 is 15.6 Å². The lowest BCUT2D eigenvalue weighted by Gasteiger charge is -2.15. The van der Waals surface area contributed by atoms with Gasteiger partial charge in [0.05, 0.1) is 5.56 Å². The molecule has 8 heteroatoms. The molecule has 0 unspecified atom stereocenters. The zero-order chi connectivity index (χ0) is 23.5. The van der Waals surface area contributed by atoms with Gasteiger partial charge in [-0.2, -0.15) is 0 Å². The van der Waals surface area contributed by atoms with E-state index in [-0.39, 0.29) is 12.5 Å². The third-order valence-corrected chi connectivity index (χ3v) is 5.90. The highest BCUT2D eigenvalue weighted by molar-refractivity contribution is 6.04. The third kappa shape index (κ3) is 4.99. The summed E-state index contributed by atoms with van der Waals surface area (Å²) < 4.78 is 7.86. The Balaban J connectivity index is 1.44. The standard InChI is InChI=1S/C25H31N5O3/c1-15(2)18-10-9-16(3)12-20(18)33-14-22(31)28-29-25(32)19-13-17(4)26-24-23(19)27-21-8-6-5-7-11-30(21)24/h9-10,12-13,15H,5-8,11,14H2,1-4H3,(H,28,31)(H,29,32). The number of ether oxygens (including phenoxy) is 1. The molecule has 0 radical (unpaired) electrons. The second-order valence-corrected chi connectivity index (χ2v) is 8.96. The van der Waals surface area contributed by atoms with Gasteiger partial charge in [-0.05, 0) is 55.9 Å². The Bertz CT molecular complexity index is 1200. The Morgan fingerprint density at radius 2 is 1.91 bits per heavy atom. The van der Waals surface area contributed by atoms with Gasteiger partial charge in [0.2, 0.25) is 0 Å². The molecular weight excluding hydrogens is 418 g/mol. The molecule has 0 saturated heterocycles. The number of hydrogen-bond acceptors (Lipinski definition) is 5. The average Bonchev–Trinajstić information content (AvgIpc) is 2.96. The maximum atomic E-state index is 12.9. The van der Waals surface area contributed by atoms with Crippen LogP contribution in [0.3, 0.4) is 0 Å². The van der Waals surface area contributed by atoms with Crippen molar-refractivity contribution in [3.63, 3.8) is 0 Å². The summed E-state index contributed by atoms with van der Waals surface area (Å²) in [5.41, 5.74) is 9.47. The Morgan fingerprint density at radius 3 is 2.70 bits per heavy atom. The molecule has 3 aromatic rings. The number of carbonyl (C=O) groups is 2. The number of aromatic nitrogens is 3. The summed E-state index contributed by atoms with van der Waals surface area (Å²) in [6.45, 7) is 8.63. The molecule has 174 valence electrons. The van der Waals surface area contributed by atoms with E-state index in [9.17, 15) is 9.59 Å². The molecule has 2 N–H and O–H groups in total. The van der Waals surface area contributed by atoms with Gasteiger partial charge >= 0.3 is 0 Å². The highest BCUT2D eigenvalue weighted by atomic mass is 16.5. The van der Waals surface area contributed by atoms with Gasteiger partial charge < -0.3 is 9.30 Å². The molecule has 33 heavy (non-hydrogen) atoms. The first-order valence-corrected chi connectivity index (χ1v) is 11.5. The smallest absolute Gasteiger partial charge is 0.276 e. The first-order valence-electron chi connectivity index (χ1n) is 11.5. The SMILES string of the molecule is Cc1ccc(C(C)C)c(OCC(=O)NNC(=O)c2cc(C)nc3c2nc2n3CCCCC2)c1. The van der Waals surface area contributed by atoms with E-state index in [4.69, 9.17) is 9.72 Å². The molecule has 0 spiro atoms. The van der Waals surface area contributed by atoms with Gasteiger partial charge in [-0.25, -0.2) is 9.97 Å². The van der Waals surface area contributed by atoms with Gasteiger partial charge in [-0.1, -0.05) is 32.4 Å². The van der Waals surface area contributed by atoms with Crippen molar-refractivity contribution >= 4 is 23.0 Å². The lowest BCUT2D eigenvalue weighted by Crippen LogP contribution is -2.44. The lowest BCUT2D eigenvalue weighted by molar-refractivity contribution is -0.123. The fourth-order valence-corrected chi connectivity index (χ4v) is 4.21. The summed E-state index contributed by atoms with van der Waals surface area (Å²) in [6, 6.07) is 7.66. The molecule has 2 amide bonds. The van der Waals surface area contributed by atoms with Crippen LogP contribution in [0.15, 0.2) is 24.3 Å². The molecule has 4 rings (SSSR count).